The molecule has 2 N–H and O–H groups in total. The maximum Gasteiger partial charge on any atom is 0.261 e. The zero-order valence-electron chi connectivity index (χ0n) is 9.17. The van der Waals surface area contributed by atoms with Gasteiger partial charge in [-0.2, -0.15) is 4.57 Å². The summed E-state index contributed by atoms with van der Waals surface area (Å²) >= 11 is 1.64. The highest BCUT2D eigenvalue weighted by atomic mass is 127. The highest BCUT2D eigenvalue weighted by Crippen LogP contribution is 2.25. The maximum absolute atomic E-state index is 9.33. The van der Waals surface area contributed by atoms with E-state index in [1.165, 1.54) is 12.1 Å². The van der Waals surface area contributed by atoms with E-state index in [1.807, 2.05) is 35.3 Å². The Bertz CT molecular complexity index is 537. The number of aromatic hydroxyl groups is 2. The van der Waals surface area contributed by atoms with Crippen molar-refractivity contribution >= 4 is 23.5 Å². The molecule has 5 heteroatoms. The minimum absolute atomic E-state index is 0. The normalized spacial score (nSPS) is 10.4. The molecule has 1 aromatic carbocycles. The number of halogens is 1. The molecule has 17 heavy (non-hydrogen) atoms. The van der Waals surface area contributed by atoms with Gasteiger partial charge >= 0.3 is 0 Å². The zero-order chi connectivity index (χ0) is 11.5. The van der Waals surface area contributed by atoms with E-state index in [1.54, 1.807) is 17.4 Å². The molecule has 0 saturated carbocycles. The lowest BCUT2D eigenvalue weighted by Crippen LogP contribution is -3.00. The lowest BCUT2D eigenvalue weighted by atomic mass is 10.2. The number of nitrogens with zero attached hydrogens (tertiary/aromatic N) is 1. The monoisotopic (exact) mass is 361 g/mol. The minimum Gasteiger partial charge on any atom is -1.00 e. The number of phenolic OH excluding ortho intramolecular Hbond substituents is 2. The van der Waals surface area contributed by atoms with Crippen LogP contribution in [0.25, 0.3) is 12.2 Å². The van der Waals surface area contributed by atoms with Crippen LogP contribution in [0.1, 0.15) is 10.6 Å². The van der Waals surface area contributed by atoms with Crippen molar-refractivity contribution < 1.29 is 38.8 Å². The van der Waals surface area contributed by atoms with Crippen LogP contribution in [0.5, 0.6) is 11.5 Å². The van der Waals surface area contributed by atoms with Crippen LogP contribution in [0.15, 0.2) is 29.8 Å². The summed E-state index contributed by atoms with van der Waals surface area (Å²) in [4.78, 5) is 0. The van der Waals surface area contributed by atoms with Gasteiger partial charge in [0, 0.05) is 6.08 Å². The Morgan fingerprint density at radius 2 is 1.94 bits per heavy atom. The zero-order valence-corrected chi connectivity index (χ0v) is 12.1. The number of rotatable bonds is 2. The van der Waals surface area contributed by atoms with Gasteiger partial charge in [-0.1, -0.05) is 17.4 Å². The largest absolute Gasteiger partial charge is 1.00 e. The molecule has 0 atom stereocenters. The Morgan fingerprint density at radius 1 is 1.18 bits per heavy atom. The molecule has 0 aliphatic rings. The standard InChI is InChI=1S/C12H11NO2S.HI/c1-13-6-7-16-12(13)5-3-9-2-4-10(14)11(15)8-9;/h2-8,15H,1H3;1H. The minimum atomic E-state index is -0.0993. The third-order valence-corrected chi connectivity index (χ3v) is 3.16. The van der Waals surface area contributed by atoms with Crippen LogP contribution in [0, 0.1) is 0 Å². The second-order valence-electron chi connectivity index (χ2n) is 3.43. The average Bonchev–Trinajstić information content (AvgIpc) is 2.66. The SMILES string of the molecule is C[n+]1ccsc1C=Cc1ccc(O)c(O)c1.[I-]. The summed E-state index contributed by atoms with van der Waals surface area (Å²) in [5, 5.41) is 21.6. The maximum atomic E-state index is 9.33. The molecular formula is C12H12INO2S. The highest BCUT2D eigenvalue weighted by molar-refractivity contribution is 7.10. The number of phenols is 2. The van der Waals surface area contributed by atoms with Gasteiger partial charge in [0.25, 0.3) is 5.01 Å². The van der Waals surface area contributed by atoms with E-state index in [4.69, 9.17) is 5.11 Å². The Morgan fingerprint density at radius 3 is 2.53 bits per heavy atom. The quantitative estimate of drug-likeness (QED) is 0.416. The molecule has 0 aliphatic carbocycles. The van der Waals surface area contributed by atoms with Crippen molar-refractivity contribution in [2.24, 2.45) is 7.05 Å². The summed E-state index contributed by atoms with van der Waals surface area (Å²) in [5.74, 6) is -0.198. The molecule has 3 nitrogen and oxygen atoms in total. The van der Waals surface area contributed by atoms with E-state index < -0.39 is 0 Å². The molecule has 90 valence electrons. The van der Waals surface area contributed by atoms with Crippen LogP contribution in [0.2, 0.25) is 0 Å². The second-order valence-corrected chi connectivity index (χ2v) is 4.36. The Kier molecular flexibility index (Phi) is 4.95. The van der Waals surface area contributed by atoms with Gasteiger partial charge < -0.3 is 34.2 Å². The summed E-state index contributed by atoms with van der Waals surface area (Å²) in [6.07, 6.45) is 5.85. The van der Waals surface area contributed by atoms with E-state index in [9.17, 15) is 5.11 Å². The fraction of sp³-hybridized carbons (Fsp3) is 0.0833. The van der Waals surface area contributed by atoms with Gasteiger partial charge in [-0.25, -0.2) is 0 Å². The number of aromatic nitrogens is 1. The van der Waals surface area contributed by atoms with E-state index in [2.05, 4.69) is 0 Å². The van der Waals surface area contributed by atoms with Gasteiger partial charge in [0.15, 0.2) is 17.7 Å². The smallest absolute Gasteiger partial charge is 0.261 e. The van der Waals surface area contributed by atoms with Gasteiger partial charge in [0.1, 0.15) is 7.05 Å². The molecule has 0 spiro atoms. The van der Waals surface area contributed by atoms with Crippen molar-refractivity contribution in [2.75, 3.05) is 0 Å². The Labute approximate surface area is 121 Å². The van der Waals surface area contributed by atoms with Crippen LogP contribution in [0.4, 0.5) is 0 Å². The molecule has 1 aromatic heterocycles. The van der Waals surface area contributed by atoms with E-state index in [-0.39, 0.29) is 35.5 Å². The van der Waals surface area contributed by atoms with Gasteiger partial charge in [-0.15, -0.1) is 0 Å². The molecule has 2 aromatic rings. The summed E-state index contributed by atoms with van der Waals surface area (Å²) in [6, 6.07) is 4.75. The van der Waals surface area contributed by atoms with Crippen molar-refractivity contribution in [3.8, 4) is 11.5 Å². The third-order valence-electron chi connectivity index (χ3n) is 2.24. The fourth-order valence-electron chi connectivity index (χ4n) is 1.32. The van der Waals surface area contributed by atoms with E-state index in [0.717, 1.165) is 10.6 Å². The number of hydrogen-bond donors (Lipinski definition) is 2. The second kappa shape index (κ2) is 6.02. The van der Waals surface area contributed by atoms with Crippen LogP contribution in [-0.2, 0) is 7.05 Å². The first-order valence-electron chi connectivity index (χ1n) is 4.80. The number of aryl methyl sites for hydroxylation is 1. The van der Waals surface area contributed by atoms with Crippen LogP contribution < -0.4 is 28.5 Å². The first kappa shape index (κ1) is 14.0. The molecule has 0 amide bonds. The first-order chi connectivity index (χ1) is 7.66. The Balaban J connectivity index is 0.00000144. The molecule has 0 aliphatic heterocycles. The summed E-state index contributed by atoms with van der Waals surface area (Å²) < 4.78 is 2.02. The molecule has 0 bridgehead atoms. The van der Waals surface area contributed by atoms with Crippen LogP contribution in [-0.4, -0.2) is 10.2 Å². The molecule has 2 rings (SSSR count). The van der Waals surface area contributed by atoms with Gasteiger partial charge in [0.05, 0.1) is 5.38 Å². The van der Waals surface area contributed by atoms with Crippen molar-refractivity contribution in [2.45, 2.75) is 0 Å². The van der Waals surface area contributed by atoms with E-state index in [0.29, 0.717) is 0 Å². The lowest BCUT2D eigenvalue weighted by Gasteiger charge is -1.97. The van der Waals surface area contributed by atoms with E-state index >= 15 is 0 Å². The number of thiazole rings is 1. The van der Waals surface area contributed by atoms with Gasteiger partial charge in [0.2, 0.25) is 0 Å². The lowest BCUT2D eigenvalue weighted by molar-refractivity contribution is -0.668. The van der Waals surface area contributed by atoms with Gasteiger partial charge in [-0.3, -0.25) is 0 Å². The summed E-state index contributed by atoms with van der Waals surface area (Å²) in [5.41, 5.74) is 0.851. The third kappa shape index (κ3) is 3.44. The summed E-state index contributed by atoms with van der Waals surface area (Å²) in [6.45, 7) is 0. The van der Waals surface area contributed by atoms with Crippen molar-refractivity contribution in [1.29, 1.82) is 0 Å². The molecule has 1 heterocycles. The average molecular weight is 361 g/mol. The highest BCUT2D eigenvalue weighted by Gasteiger charge is 2.03. The van der Waals surface area contributed by atoms with Crippen molar-refractivity contribution in [1.82, 2.24) is 0 Å². The predicted octanol–water partition coefficient (Wildman–Crippen LogP) is -0.842. The fourth-order valence-corrected chi connectivity index (χ4v) is 2.07. The number of hydrogen-bond acceptors (Lipinski definition) is 3. The first-order valence-corrected chi connectivity index (χ1v) is 5.68. The topological polar surface area (TPSA) is 44.3 Å². The van der Waals surface area contributed by atoms with Crippen molar-refractivity contribution in [3.05, 3.63) is 40.3 Å². The van der Waals surface area contributed by atoms with Crippen LogP contribution in [0.3, 0.4) is 0 Å². The predicted molar refractivity (Wildman–Crippen MR) is 64.2 cm³/mol. The molecule has 0 radical (unpaired) electrons. The molecule has 0 saturated heterocycles. The van der Waals surface area contributed by atoms with Crippen molar-refractivity contribution in [3.63, 3.8) is 0 Å². The molecular weight excluding hydrogens is 349 g/mol. The molecule has 0 unspecified atom stereocenters. The summed E-state index contributed by atoms with van der Waals surface area (Å²) in [7, 11) is 1.98. The Hall–Kier alpha value is -1.08. The van der Waals surface area contributed by atoms with Gasteiger partial charge in [-0.05, 0) is 23.8 Å². The molecule has 0 fully saturated rings. The number of benzene rings is 1. The van der Waals surface area contributed by atoms with Crippen LogP contribution >= 0.6 is 11.3 Å².